The maximum absolute atomic E-state index is 6.49. The van der Waals surface area contributed by atoms with Crippen LogP contribution in [0.3, 0.4) is 0 Å². The zero-order chi connectivity index (χ0) is 12.3. The molecule has 0 saturated carbocycles. The lowest BCUT2D eigenvalue weighted by molar-refractivity contribution is 0.0931. The van der Waals surface area contributed by atoms with E-state index < -0.39 is 0 Å². The fraction of sp³-hybridized carbons (Fsp3) is 0.571. The highest BCUT2D eigenvalue weighted by Gasteiger charge is 2.28. The molecule has 1 aromatic rings. The van der Waals surface area contributed by atoms with Gasteiger partial charge in [0.05, 0.1) is 5.66 Å². The average Bonchev–Trinajstić information content (AvgIpc) is 2.33. The second-order valence-corrected chi connectivity index (χ2v) is 5.20. The largest absolute Gasteiger partial charge is 0.314 e. The van der Waals surface area contributed by atoms with Gasteiger partial charge in [0.25, 0.3) is 0 Å². The van der Waals surface area contributed by atoms with Crippen LogP contribution in [0.5, 0.6) is 0 Å². The highest BCUT2D eigenvalue weighted by Crippen LogP contribution is 2.18. The van der Waals surface area contributed by atoms with Gasteiger partial charge in [0.2, 0.25) is 0 Å². The van der Waals surface area contributed by atoms with Crippen molar-refractivity contribution in [1.82, 2.24) is 10.2 Å². The maximum Gasteiger partial charge on any atom is 0.0700 e. The first-order chi connectivity index (χ1) is 8.09. The second-order valence-electron chi connectivity index (χ2n) is 5.20. The van der Waals surface area contributed by atoms with Gasteiger partial charge in [-0.1, -0.05) is 24.3 Å². The molecule has 0 radical (unpaired) electrons. The summed E-state index contributed by atoms with van der Waals surface area (Å²) in [5.74, 6) is 0. The minimum atomic E-state index is -0.242. The summed E-state index contributed by atoms with van der Waals surface area (Å²) in [5, 5.41) is 3.36. The van der Waals surface area contributed by atoms with E-state index in [1.54, 1.807) is 0 Å². The van der Waals surface area contributed by atoms with Gasteiger partial charge in [0.1, 0.15) is 0 Å². The summed E-state index contributed by atoms with van der Waals surface area (Å²) < 4.78 is 0. The Kier molecular flexibility index (Phi) is 3.82. The van der Waals surface area contributed by atoms with E-state index in [0.717, 1.165) is 32.6 Å². The molecular formula is C14H23N3. The van der Waals surface area contributed by atoms with Crippen LogP contribution in [-0.4, -0.2) is 36.7 Å². The second kappa shape index (κ2) is 5.17. The van der Waals surface area contributed by atoms with Crippen LogP contribution in [0.25, 0.3) is 0 Å². The van der Waals surface area contributed by atoms with Crippen molar-refractivity contribution in [2.24, 2.45) is 5.73 Å². The Bertz CT molecular complexity index is 367. The molecule has 0 aromatic heterocycles. The molecule has 94 valence electrons. The summed E-state index contributed by atoms with van der Waals surface area (Å²) in [6.07, 6.45) is 0.916. The first-order valence-corrected chi connectivity index (χ1v) is 6.39. The molecule has 1 atom stereocenters. The van der Waals surface area contributed by atoms with E-state index in [1.165, 1.54) is 11.1 Å². The van der Waals surface area contributed by atoms with E-state index in [2.05, 4.69) is 48.3 Å². The smallest absolute Gasteiger partial charge is 0.0700 e. The highest BCUT2D eigenvalue weighted by atomic mass is 15.3. The molecule has 1 unspecified atom stereocenters. The van der Waals surface area contributed by atoms with Gasteiger partial charge in [-0.3, -0.25) is 4.90 Å². The number of nitrogens with zero attached hydrogens (tertiary/aromatic N) is 1. The lowest BCUT2D eigenvalue weighted by Crippen LogP contribution is -2.60. The van der Waals surface area contributed by atoms with E-state index in [-0.39, 0.29) is 5.66 Å². The predicted octanol–water partition coefficient (Wildman–Crippen LogP) is 1.12. The molecule has 1 heterocycles. The fourth-order valence-electron chi connectivity index (χ4n) is 2.48. The van der Waals surface area contributed by atoms with Crippen molar-refractivity contribution < 1.29 is 0 Å². The van der Waals surface area contributed by atoms with Gasteiger partial charge in [0.15, 0.2) is 0 Å². The summed E-state index contributed by atoms with van der Waals surface area (Å²) in [6.45, 7) is 8.47. The maximum atomic E-state index is 6.49. The number of benzene rings is 1. The van der Waals surface area contributed by atoms with Crippen molar-refractivity contribution in [2.45, 2.75) is 25.9 Å². The molecule has 0 bridgehead atoms. The van der Waals surface area contributed by atoms with Crippen LogP contribution in [0.15, 0.2) is 24.3 Å². The molecule has 17 heavy (non-hydrogen) atoms. The molecule has 1 aliphatic heterocycles. The van der Waals surface area contributed by atoms with Crippen LogP contribution < -0.4 is 11.1 Å². The molecule has 3 nitrogen and oxygen atoms in total. The minimum absolute atomic E-state index is 0.242. The fourth-order valence-corrected chi connectivity index (χ4v) is 2.48. The third-order valence-electron chi connectivity index (χ3n) is 3.65. The predicted molar refractivity (Wildman–Crippen MR) is 71.9 cm³/mol. The normalized spacial score (nSPS) is 21.1. The van der Waals surface area contributed by atoms with Gasteiger partial charge < -0.3 is 11.1 Å². The van der Waals surface area contributed by atoms with E-state index in [1.807, 2.05) is 0 Å². The van der Waals surface area contributed by atoms with Crippen LogP contribution in [0, 0.1) is 6.92 Å². The topological polar surface area (TPSA) is 41.3 Å². The van der Waals surface area contributed by atoms with Crippen LogP contribution in [0.1, 0.15) is 18.1 Å². The minimum Gasteiger partial charge on any atom is -0.314 e. The van der Waals surface area contributed by atoms with Gasteiger partial charge in [-0.25, -0.2) is 0 Å². The Morgan fingerprint density at radius 3 is 2.59 bits per heavy atom. The number of aryl methyl sites for hydroxylation is 1. The van der Waals surface area contributed by atoms with Crippen molar-refractivity contribution in [1.29, 1.82) is 0 Å². The van der Waals surface area contributed by atoms with Gasteiger partial charge >= 0.3 is 0 Å². The Balaban J connectivity index is 2.08. The third-order valence-corrected chi connectivity index (χ3v) is 3.65. The Morgan fingerprint density at radius 1 is 1.29 bits per heavy atom. The van der Waals surface area contributed by atoms with E-state index in [9.17, 15) is 0 Å². The van der Waals surface area contributed by atoms with Crippen LogP contribution in [0.2, 0.25) is 0 Å². The monoisotopic (exact) mass is 233 g/mol. The van der Waals surface area contributed by atoms with Crippen LogP contribution in [0.4, 0.5) is 0 Å². The molecule has 0 amide bonds. The molecule has 3 N–H and O–H groups in total. The van der Waals surface area contributed by atoms with Crippen molar-refractivity contribution in [2.75, 3.05) is 26.2 Å². The summed E-state index contributed by atoms with van der Waals surface area (Å²) in [5.41, 5.74) is 8.94. The lowest BCUT2D eigenvalue weighted by atomic mass is 9.96. The quantitative estimate of drug-likeness (QED) is 0.822. The number of piperazine rings is 1. The lowest BCUT2D eigenvalue weighted by Gasteiger charge is -2.41. The van der Waals surface area contributed by atoms with E-state index in [4.69, 9.17) is 5.73 Å². The van der Waals surface area contributed by atoms with Gasteiger partial charge in [-0.2, -0.15) is 0 Å². The van der Waals surface area contributed by atoms with Crippen molar-refractivity contribution in [3.63, 3.8) is 0 Å². The molecule has 3 heteroatoms. The number of hydrogen-bond acceptors (Lipinski definition) is 3. The first-order valence-electron chi connectivity index (χ1n) is 6.39. The molecule has 2 rings (SSSR count). The van der Waals surface area contributed by atoms with Crippen molar-refractivity contribution >= 4 is 0 Å². The summed E-state index contributed by atoms with van der Waals surface area (Å²) in [6, 6.07) is 8.51. The first kappa shape index (κ1) is 12.6. The van der Waals surface area contributed by atoms with Gasteiger partial charge in [0, 0.05) is 32.6 Å². The molecule has 1 saturated heterocycles. The van der Waals surface area contributed by atoms with Gasteiger partial charge in [-0.05, 0) is 25.0 Å². The summed E-state index contributed by atoms with van der Waals surface area (Å²) in [4.78, 5) is 2.38. The van der Waals surface area contributed by atoms with E-state index in [0.29, 0.717) is 0 Å². The Morgan fingerprint density at radius 2 is 1.94 bits per heavy atom. The molecule has 1 aliphatic rings. The van der Waals surface area contributed by atoms with Crippen molar-refractivity contribution in [3.8, 4) is 0 Å². The van der Waals surface area contributed by atoms with Crippen LogP contribution >= 0.6 is 0 Å². The van der Waals surface area contributed by atoms with Gasteiger partial charge in [-0.15, -0.1) is 0 Å². The molecule has 1 fully saturated rings. The average molecular weight is 233 g/mol. The van der Waals surface area contributed by atoms with Crippen molar-refractivity contribution in [3.05, 3.63) is 35.4 Å². The molecule has 1 aromatic carbocycles. The molecule has 0 spiro atoms. The number of rotatable bonds is 3. The van der Waals surface area contributed by atoms with Crippen LogP contribution in [-0.2, 0) is 6.42 Å². The summed E-state index contributed by atoms with van der Waals surface area (Å²) >= 11 is 0. The Hall–Kier alpha value is -0.900. The zero-order valence-corrected chi connectivity index (χ0v) is 10.9. The summed E-state index contributed by atoms with van der Waals surface area (Å²) in [7, 11) is 0. The van der Waals surface area contributed by atoms with E-state index >= 15 is 0 Å². The number of nitrogens with two attached hydrogens (primary N) is 1. The highest BCUT2D eigenvalue weighted by molar-refractivity contribution is 5.27. The molecule has 0 aliphatic carbocycles. The molecular weight excluding hydrogens is 210 g/mol. The third kappa shape index (κ3) is 3.06. The standard InChI is InChI=1S/C14H23N3/c1-12-5-3-4-6-13(12)11-14(2,15)17-9-7-16-8-10-17/h3-6,16H,7-11,15H2,1-2H3. The SMILES string of the molecule is Cc1ccccc1CC(C)(N)N1CCNCC1. The zero-order valence-electron chi connectivity index (χ0n) is 10.9. The number of nitrogens with one attached hydrogen (secondary N) is 1. The number of hydrogen-bond donors (Lipinski definition) is 2. The Labute approximate surface area is 104 Å².